The number of aryl methyl sites for hydroxylation is 1. The zero-order valence-corrected chi connectivity index (χ0v) is 11.9. The number of carboxylic acids is 1. The van der Waals surface area contributed by atoms with E-state index < -0.39 is 11.9 Å². The van der Waals surface area contributed by atoms with Crippen molar-refractivity contribution < 1.29 is 14.7 Å². The van der Waals surface area contributed by atoms with Crippen LogP contribution in [0.2, 0.25) is 5.02 Å². The van der Waals surface area contributed by atoms with Crippen LogP contribution in [0.15, 0.2) is 36.4 Å². The fraction of sp³-hybridized carbons (Fsp3) is 0.0667. The first kappa shape index (κ1) is 14.9. The summed E-state index contributed by atoms with van der Waals surface area (Å²) >= 11 is 5.87. The van der Waals surface area contributed by atoms with Crippen LogP contribution >= 0.6 is 11.6 Å². The third kappa shape index (κ3) is 3.14. The van der Waals surface area contributed by atoms with Crippen molar-refractivity contribution in [3.63, 3.8) is 0 Å². The van der Waals surface area contributed by atoms with E-state index in [9.17, 15) is 14.7 Å². The predicted octanol–water partition coefficient (Wildman–Crippen LogP) is 3.18. The van der Waals surface area contributed by atoms with E-state index in [-0.39, 0.29) is 16.3 Å². The van der Waals surface area contributed by atoms with Crippen molar-refractivity contribution in [3.05, 3.63) is 58.1 Å². The van der Waals surface area contributed by atoms with Gasteiger partial charge >= 0.3 is 5.97 Å². The smallest absolute Gasteiger partial charge is 0.338 e. The number of halogens is 1. The van der Waals surface area contributed by atoms with E-state index in [1.807, 2.05) is 0 Å². The molecule has 0 aromatic heterocycles. The third-order valence-electron chi connectivity index (χ3n) is 3.00. The Balaban J connectivity index is 2.34. The van der Waals surface area contributed by atoms with Crippen LogP contribution in [0, 0.1) is 6.92 Å². The number of nitrogen functional groups attached to an aromatic ring is 1. The molecule has 1 amide bonds. The molecule has 0 heterocycles. The molecule has 2 aromatic rings. The topological polar surface area (TPSA) is 92.4 Å². The first-order chi connectivity index (χ1) is 9.90. The van der Waals surface area contributed by atoms with Crippen LogP contribution in [-0.2, 0) is 0 Å². The normalized spacial score (nSPS) is 10.2. The van der Waals surface area contributed by atoms with Gasteiger partial charge in [0, 0.05) is 5.56 Å². The minimum absolute atomic E-state index is 0.0624. The Kier molecular flexibility index (Phi) is 4.14. The summed E-state index contributed by atoms with van der Waals surface area (Å²) in [4.78, 5) is 23.4. The number of carbonyl (C=O) groups excluding carboxylic acids is 1. The second kappa shape index (κ2) is 5.85. The molecule has 108 valence electrons. The Morgan fingerprint density at radius 1 is 1.24 bits per heavy atom. The molecule has 0 aliphatic carbocycles. The molecule has 0 bridgehead atoms. The van der Waals surface area contributed by atoms with Gasteiger partial charge in [0.25, 0.3) is 5.91 Å². The highest BCUT2D eigenvalue weighted by Gasteiger charge is 2.16. The van der Waals surface area contributed by atoms with Crippen LogP contribution in [0.3, 0.4) is 0 Å². The summed E-state index contributed by atoms with van der Waals surface area (Å²) < 4.78 is 0. The van der Waals surface area contributed by atoms with Crippen molar-refractivity contribution in [2.45, 2.75) is 6.92 Å². The number of amides is 1. The van der Waals surface area contributed by atoms with Crippen molar-refractivity contribution in [2.24, 2.45) is 0 Å². The van der Waals surface area contributed by atoms with E-state index in [4.69, 9.17) is 17.3 Å². The standard InChI is InChI=1S/C15H13ClN2O3/c1-8-3-2-4-12(13(8)15(20)21)18-14(19)9-5-6-11(17)10(16)7-9/h2-7H,17H2,1H3,(H,18,19)(H,20,21). The fourth-order valence-electron chi connectivity index (χ4n) is 1.92. The lowest BCUT2D eigenvalue weighted by Gasteiger charge is -2.11. The number of benzene rings is 2. The maximum Gasteiger partial charge on any atom is 0.338 e. The third-order valence-corrected chi connectivity index (χ3v) is 3.32. The van der Waals surface area contributed by atoms with Gasteiger partial charge < -0.3 is 16.2 Å². The van der Waals surface area contributed by atoms with Crippen molar-refractivity contribution in [3.8, 4) is 0 Å². The molecule has 2 aromatic carbocycles. The quantitative estimate of drug-likeness (QED) is 0.759. The Labute approximate surface area is 126 Å². The lowest BCUT2D eigenvalue weighted by atomic mass is 10.1. The zero-order valence-electron chi connectivity index (χ0n) is 11.2. The highest BCUT2D eigenvalue weighted by atomic mass is 35.5. The molecule has 0 unspecified atom stereocenters. The van der Waals surface area contributed by atoms with Crippen molar-refractivity contribution in [2.75, 3.05) is 11.1 Å². The Morgan fingerprint density at radius 3 is 2.57 bits per heavy atom. The van der Waals surface area contributed by atoms with Crippen molar-refractivity contribution in [1.82, 2.24) is 0 Å². The molecule has 0 aliphatic heterocycles. The summed E-state index contributed by atoms with van der Waals surface area (Å²) in [6, 6.07) is 9.35. The van der Waals surface area contributed by atoms with Crippen LogP contribution in [-0.4, -0.2) is 17.0 Å². The number of carbonyl (C=O) groups is 2. The van der Waals surface area contributed by atoms with E-state index in [1.165, 1.54) is 24.3 Å². The van der Waals surface area contributed by atoms with Crippen LogP contribution in [0.1, 0.15) is 26.3 Å². The molecule has 0 spiro atoms. The van der Waals surface area contributed by atoms with Gasteiger partial charge in [0.15, 0.2) is 0 Å². The largest absolute Gasteiger partial charge is 0.478 e. The van der Waals surface area contributed by atoms with Crippen LogP contribution in [0.5, 0.6) is 0 Å². The molecule has 21 heavy (non-hydrogen) atoms. The molecule has 4 N–H and O–H groups in total. The molecule has 0 atom stereocenters. The van der Waals surface area contributed by atoms with E-state index in [1.54, 1.807) is 19.1 Å². The maximum atomic E-state index is 12.2. The molecule has 5 nitrogen and oxygen atoms in total. The van der Waals surface area contributed by atoms with Gasteiger partial charge in [-0.2, -0.15) is 0 Å². The van der Waals surface area contributed by atoms with Gasteiger partial charge in [0.2, 0.25) is 0 Å². The van der Waals surface area contributed by atoms with Gasteiger partial charge in [-0.15, -0.1) is 0 Å². The Hall–Kier alpha value is -2.53. The highest BCUT2D eigenvalue weighted by molar-refractivity contribution is 6.33. The molecule has 0 saturated heterocycles. The summed E-state index contributed by atoms with van der Waals surface area (Å²) in [5.41, 5.74) is 7.12. The van der Waals surface area contributed by atoms with Gasteiger partial charge in [0.05, 0.1) is 22.0 Å². The number of nitrogens with two attached hydrogens (primary N) is 1. The summed E-state index contributed by atoms with van der Waals surface area (Å²) in [5, 5.41) is 12.1. The highest BCUT2D eigenvalue weighted by Crippen LogP contribution is 2.23. The Bertz CT molecular complexity index is 729. The van der Waals surface area contributed by atoms with Crippen molar-refractivity contribution in [1.29, 1.82) is 0 Å². The van der Waals surface area contributed by atoms with E-state index in [0.717, 1.165) is 0 Å². The van der Waals surface area contributed by atoms with Gasteiger partial charge in [-0.1, -0.05) is 23.7 Å². The molecule has 2 rings (SSSR count). The minimum atomic E-state index is -1.10. The molecule has 0 radical (unpaired) electrons. The zero-order chi connectivity index (χ0) is 15.6. The monoisotopic (exact) mass is 304 g/mol. The summed E-state index contributed by atoms with van der Waals surface area (Å²) in [6.07, 6.45) is 0. The molecule has 0 fully saturated rings. The van der Waals surface area contributed by atoms with Crippen LogP contribution < -0.4 is 11.1 Å². The lowest BCUT2D eigenvalue weighted by molar-refractivity contribution is 0.0697. The number of aromatic carboxylic acids is 1. The average molecular weight is 305 g/mol. The molecular weight excluding hydrogens is 292 g/mol. The number of hydrogen-bond acceptors (Lipinski definition) is 3. The Morgan fingerprint density at radius 2 is 1.95 bits per heavy atom. The minimum Gasteiger partial charge on any atom is -0.478 e. The van der Waals surface area contributed by atoms with Gasteiger partial charge in [-0.25, -0.2) is 4.79 Å². The maximum absolute atomic E-state index is 12.2. The summed E-state index contributed by atoms with van der Waals surface area (Å²) in [5.74, 6) is -1.55. The van der Waals surface area contributed by atoms with E-state index >= 15 is 0 Å². The number of carboxylic acid groups (broad SMARTS) is 1. The van der Waals surface area contributed by atoms with E-state index in [2.05, 4.69) is 5.32 Å². The lowest BCUT2D eigenvalue weighted by Crippen LogP contribution is -2.15. The van der Waals surface area contributed by atoms with Crippen LogP contribution in [0.4, 0.5) is 11.4 Å². The fourth-order valence-corrected chi connectivity index (χ4v) is 2.10. The van der Waals surface area contributed by atoms with Crippen molar-refractivity contribution >= 4 is 34.9 Å². The first-order valence-electron chi connectivity index (χ1n) is 6.09. The predicted molar refractivity (Wildman–Crippen MR) is 82.0 cm³/mol. The first-order valence-corrected chi connectivity index (χ1v) is 6.47. The average Bonchev–Trinajstić information content (AvgIpc) is 2.41. The summed E-state index contributed by atoms with van der Waals surface area (Å²) in [7, 11) is 0. The number of rotatable bonds is 3. The molecular formula is C15H13ClN2O3. The molecule has 0 saturated carbocycles. The summed E-state index contributed by atoms with van der Waals surface area (Å²) in [6.45, 7) is 1.67. The number of anilines is 2. The molecule has 6 heteroatoms. The SMILES string of the molecule is Cc1cccc(NC(=O)c2ccc(N)c(Cl)c2)c1C(=O)O. The molecule has 0 aliphatic rings. The van der Waals surface area contributed by atoms with Gasteiger partial charge in [0.1, 0.15) is 0 Å². The van der Waals surface area contributed by atoms with E-state index in [0.29, 0.717) is 16.8 Å². The number of hydrogen-bond donors (Lipinski definition) is 3. The van der Waals surface area contributed by atoms with Gasteiger partial charge in [-0.3, -0.25) is 4.79 Å². The number of nitrogens with one attached hydrogen (secondary N) is 1. The second-order valence-corrected chi connectivity index (χ2v) is 4.90. The van der Waals surface area contributed by atoms with Gasteiger partial charge in [-0.05, 0) is 36.8 Å². The second-order valence-electron chi connectivity index (χ2n) is 4.49. The van der Waals surface area contributed by atoms with Crippen LogP contribution in [0.25, 0.3) is 0 Å².